The van der Waals surface area contributed by atoms with Crippen LogP contribution in [0.25, 0.3) is 0 Å². The van der Waals surface area contributed by atoms with E-state index < -0.39 is 32.3 Å². The molecule has 12 aromatic rings. The smallest absolute Gasteiger partial charge is 0.0637 e. The van der Waals surface area contributed by atoms with Crippen LogP contribution in [-0.2, 0) is 12.8 Å². The summed E-state index contributed by atoms with van der Waals surface area (Å²) in [5.74, 6) is 0. The lowest BCUT2D eigenvalue weighted by atomic mass is 9.95. The zero-order valence-electron chi connectivity index (χ0n) is 63.1. The summed E-state index contributed by atoms with van der Waals surface area (Å²) in [6.07, 6.45) is 16.1. The predicted octanol–water partition coefficient (Wildman–Crippen LogP) is 27.7. The van der Waals surface area contributed by atoms with E-state index in [2.05, 4.69) is 374 Å². The molecular weight excluding hydrogens is 1370 g/mol. The molecule has 107 heavy (non-hydrogen) atoms. The third-order valence-corrected chi connectivity index (χ3v) is 36.4. The van der Waals surface area contributed by atoms with Gasteiger partial charge in [0.05, 0.1) is 12.1 Å². The second kappa shape index (κ2) is 37.1. The molecule has 7 heteroatoms. The van der Waals surface area contributed by atoms with Gasteiger partial charge in [0.2, 0.25) is 0 Å². The lowest BCUT2D eigenvalue weighted by molar-refractivity contribution is 0.377. The van der Waals surface area contributed by atoms with Crippen LogP contribution in [0.1, 0.15) is 222 Å². The number of unbranched alkanes of at least 4 members (excludes halogenated alkanes) is 3. The highest BCUT2D eigenvalue weighted by Gasteiger charge is 2.47. The van der Waals surface area contributed by atoms with Gasteiger partial charge in [-0.3, -0.25) is 13.8 Å². The Labute approximate surface area is 646 Å². The Bertz CT molecular complexity index is 4210. The highest BCUT2D eigenvalue weighted by atomic mass is 31.2. The summed E-state index contributed by atoms with van der Waals surface area (Å²) in [6, 6.07) is 132. The zero-order chi connectivity index (χ0) is 72.5. The standard InChI is InChI=1S/C100H107N3P4/c1-4-7-72-101(105-93(81-34-18-10-19-35-81)66-67-94(105)82-36-20-11-21-37-82)99(87-42-26-14-27-43-87)89-62-54-79(55-63-89)75-77-50-58-85(59-51-77)97-70-71-98(107(97)103(74-9-6-3)104(91-46-30-16-31-47-91)92-48-32-17-33-49-92)86-60-52-78(53-61-86)76-80-56-64-90(65-57-80)100(88-44-28-15-29-45-88)102(73-8-5-2)106-95(83-38-22-12-23-39-83)68-69-96(106)84-40-24-13-25-41-84/h10-65,93-100H,4-9,66-76H2,1-3H3/t93-,94-,95+,96+,97-,98-,99?,100?,107?/m0/s1. The van der Waals surface area contributed by atoms with Gasteiger partial charge >= 0.3 is 0 Å². The third kappa shape index (κ3) is 17.6. The van der Waals surface area contributed by atoms with Gasteiger partial charge in [-0.25, -0.2) is 0 Å². The van der Waals surface area contributed by atoms with Gasteiger partial charge in [0.1, 0.15) is 0 Å². The lowest BCUT2D eigenvalue weighted by Crippen LogP contribution is -2.28. The van der Waals surface area contributed by atoms with Crippen LogP contribution in [0.3, 0.4) is 0 Å². The average Bonchev–Trinajstić information content (AvgIpc) is 1.67. The van der Waals surface area contributed by atoms with Gasteiger partial charge in [-0.05, 0) is 183 Å². The first-order chi connectivity index (χ1) is 53.0. The van der Waals surface area contributed by atoms with E-state index in [4.69, 9.17) is 0 Å². The van der Waals surface area contributed by atoms with E-state index >= 15 is 0 Å². The fraction of sp³-hybridized carbons (Fsp3) is 0.280. The minimum Gasteiger partial charge on any atom is -0.269 e. The van der Waals surface area contributed by atoms with Crippen LogP contribution < -0.4 is 10.6 Å². The van der Waals surface area contributed by atoms with Crippen molar-refractivity contribution in [3.63, 3.8) is 0 Å². The van der Waals surface area contributed by atoms with Crippen LogP contribution in [0, 0.1) is 0 Å². The fourth-order valence-electron chi connectivity index (χ4n) is 17.8. The molecule has 3 saturated heterocycles. The van der Waals surface area contributed by atoms with Gasteiger partial charge in [0.25, 0.3) is 0 Å². The van der Waals surface area contributed by atoms with Crippen molar-refractivity contribution in [1.29, 1.82) is 0 Å². The van der Waals surface area contributed by atoms with Crippen molar-refractivity contribution in [2.45, 2.75) is 157 Å². The van der Waals surface area contributed by atoms with Crippen molar-refractivity contribution in [2.75, 3.05) is 19.6 Å². The summed E-state index contributed by atoms with van der Waals surface area (Å²) < 4.78 is 9.12. The number of hydrogen-bond acceptors (Lipinski definition) is 3. The van der Waals surface area contributed by atoms with E-state index in [0.29, 0.717) is 34.0 Å². The van der Waals surface area contributed by atoms with Gasteiger partial charge in [-0.1, -0.05) is 380 Å². The molecule has 12 aromatic carbocycles. The summed E-state index contributed by atoms with van der Waals surface area (Å²) >= 11 is 0. The number of rotatable bonds is 31. The fourth-order valence-corrected chi connectivity index (χ4v) is 33.0. The van der Waals surface area contributed by atoms with E-state index in [-0.39, 0.29) is 12.1 Å². The van der Waals surface area contributed by atoms with Gasteiger partial charge in [0.15, 0.2) is 0 Å². The topological polar surface area (TPSA) is 9.72 Å². The molecule has 542 valence electrons. The highest BCUT2D eigenvalue weighted by Crippen LogP contribution is 2.78. The molecule has 0 bridgehead atoms. The molecule has 3 aliphatic rings. The van der Waals surface area contributed by atoms with Crippen LogP contribution in [0.2, 0.25) is 0 Å². The maximum atomic E-state index is 3.10. The van der Waals surface area contributed by atoms with E-state index in [1.165, 1.54) is 159 Å². The first kappa shape index (κ1) is 74.7. The molecule has 0 N–H and O–H groups in total. The SMILES string of the molecule is CCCCN(C(c1ccccc1)c1ccc(Cc2ccc([C@@H]3CC[C@@H](c4ccc(Cc5ccc(C(c6ccccc6)N(CCCC)P6[C@H](c7ccccc7)CC[C@H]6c6ccccc6)cc5)cc4)P3N(CCCC)P(c3ccccc3)c3ccccc3)cc2)cc1)P1[C@@H](c2ccccc2)CC[C@@H]1c1ccccc1. The summed E-state index contributed by atoms with van der Waals surface area (Å²) in [6.45, 7) is 10.4. The number of benzene rings is 12. The van der Waals surface area contributed by atoms with E-state index in [0.717, 1.165) is 38.9 Å². The predicted molar refractivity (Wildman–Crippen MR) is 463 cm³/mol. The van der Waals surface area contributed by atoms with Crippen molar-refractivity contribution in [1.82, 2.24) is 13.8 Å². The highest BCUT2D eigenvalue weighted by molar-refractivity contribution is 7.79. The molecule has 0 radical (unpaired) electrons. The monoisotopic (exact) mass is 1470 g/mol. The Hall–Kier alpha value is -7.76. The second-order valence-corrected chi connectivity index (χ2v) is 40.0. The normalized spacial score (nSPS) is 19.6. The molecule has 3 fully saturated rings. The summed E-state index contributed by atoms with van der Waals surface area (Å²) in [5, 5.41) is 2.90. The Morgan fingerprint density at radius 1 is 0.262 bits per heavy atom. The summed E-state index contributed by atoms with van der Waals surface area (Å²) in [4.78, 5) is 0. The molecule has 0 aromatic heterocycles. The summed E-state index contributed by atoms with van der Waals surface area (Å²) in [5.41, 5.74) is 23.0. The van der Waals surface area contributed by atoms with Crippen molar-refractivity contribution in [2.24, 2.45) is 0 Å². The van der Waals surface area contributed by atoms with Gasteiger partial charge in [-0.2, -0.15) is 0 Å². The molecule has 3 heterocycles. The zero-order valence-corrected chi connectivity index (χ0v) is 66.7. The Morgan fingerprint density at radius 2 is 0.495 bits per heavy atom. The molecule has 0 amide bonds. The Balaban J connectivity index is 0.711. The Kier molecular flexibility index (Phi) is 25.9. The molecule has 3 unspecified atom stereocenters. The van der Waals surface area contributed by atoms with Crippen LogP contribution in [-0.4, -0.2) is 33.4 Å². The Morgan fingerprint density at radius 3 is 0.785 bits per heavy atom. The van der Waals surface area contributed by atoms with Crippen molar-refractivity contribution in [3.05, 3.63) is 418 Å². The van der Waals surface area contributed by atoms with Crippen molar-refractivity contribution >= 4 is 42.9 Å². The first-order valence-corrected chi connectivity index (χ1v) is 45.8. The van der Waals surface area contributed by atoms with E-state index in [1.807, 2.05) is 0 Å². The van der Waals surface area contributed by atoms with Crippen molar-refractivity contribution in [3.8, 4) is 0 Å². The van der Waals surface area contributed by atoms with Crippen LogP contribution in [0.5, 0.6) is 0 Å². The molecule has 15 rings (SSSR count). The molecule has 9 atom stereocenters. The second-order valence-electron chi connectivity index (χ2n) is 30.0. The largest absolute Gasteiger partial charge is 0.269 e. The van der Waals surface area contributed by atoms with Crippen LogP contribution >= 0.6 is 32.3 Å². The number of hydrogen-bond donors (Lipinski definition) is 0. The van der Waals surface area contributed by atoms with E-state index in [1.54, 1.807) is 0 Å². The molecule has 0 spiro atoms. The molecular formula is C100H107N3P4. The molecule has 0 saturated carbocycles. The maximum absolute atomic E-state index is 3.10. The third-order valence-electron chi connectivity index (χ3n) is 23.0. The minimum absolute atomic E-state index is 0.156. The molecule has 3 aliphatic heterocycles. The number of nitrogens with zero attached hydrogens (tertiary/aromatic N) is 3. The average molecular weight is 1470 g/mol. The van der Waals surface area contributed by atoms with Gasteiger partial charge < -0.3 is 0 Å². The summed E-state index contributed by atoms with van der Waals surface area (Å²) in [7, 11) is -2.70. The first-order valence-electron chi connectivity index (χ1n) is 40.2. The quantitative estimate of drug-likeness (QED) is 0.0401. The van der Waals surface area contributed by atoms with Gasteiger partial charge in [-0.15, -0.1) is 0 Å². The van der Waals surface area contributed by atoms with Crippen molar-refractivity contribution < 1.29 is 0 Å². The minimum atomic E-state index is -0.811. The lowest BCUT2D eigenvalue weighted by Gasteiger charge is -2.43. The van der Waals surface area contributed by atoms with Crippen LogP contribution in [0.15, 0.2) is 340 Å². The molecule has 0 aliphatic carbocycles. The molecule has 3 nitrogen and oxygen atoms in total. The van der Waals surface area contributed by atoms with E-state index in [9.17, 15) is 0 Å². The van der Waals surface area contributed by atoms with Gasteiger partial charge in [0, 0.05) is 61.7 Å². The van der Waals surface area contributed by atoms with Crippen LogP contribution in [0.4, 0.5) is 0 Å². The maximum Gasteiger partial charge on any atom is 0.0637 e.